The molecule has 1 fully saturated rings. The molecule has 2 aromatic carbocycles. The molecule has 0 atom stereocenters. The Balaban J connectivity index is 1.66. The lowest BCUT2D eigenvalue weighted by Crippen LogP contribution is -2.65. The van der Waals surface area contributed by atoms with Gasteiger partial charge in [0.05, 0.1) is 33.8 Å². The molecule has 0 saturated carbocycles. The van der Waals surface area contributed by atoms with Gasteiger partial charge in [-0.2, -0.15) is 8.78 Å². The van der Waals surface area contributed by atoms with E-state index in [1.165, 1.54) is 23.1 Å². The maximum absolute atomic E-state index is 13.3. The molecule has 2 aliphatic heterocycles. The molecule has 2 aliphatic rings. The van der Waals surface area contributed by atoms with E-state index in [1.54, 1.807) is 38.1 Å². The number of hydrogen-bond acceptors (Lipinski definition) is 5. The molecular weight excluding hydrogens is 454 g/mol. The van der Waals surface area contributed by atoms with Gasteiger partial charge in [-0.25, -0.2) is 8.42 Å². The van der Waals surface area contributed by atoms with Crippen LogP contribution in [0.15, 0.2) is 42.5 Å². The zero-order valence-corrected chi connectivity index (χ0v) is 19.2. The Hall–Kier alpha value is -3.01. The van der Waals surface area contributed by atoms with Crippen LogP contribution in [0.5, 0.6) is 5.75 Å². The topological polar surface area (TPSA) is 92.8 Å². The van der Waals surface area contributed by atoms with Crippen molar-refractivity contribution in [2.24, 2.45) is 0 Å². The summed E-state index contributed by atoms with van der Waals surface area (Å²) in [5, 5.41) is 2.85. The van der Waals surface area contributed by atoms with Gasteiger partial charge < -0.3 is 10.1 Å². The highest BCUT2D eigenvalue weighted by Crippen LogP contribution is 2.46. The van der Waals surface area contributed by atoms with E-state index in [-0.39, 0.29) is 23.2 Å². The molecule has 33 heavy (non-hydrogen) atoms. The van der Waals surface area contributed by atoms with Crippen molar-refractivity contribution in [3.63, 3.8) is 0 Å². The van der Waals surface area contributed by atoms with Crippen LogP contribution >= 0.6 is 0 Å². The maximum Gasteiger partial charge on any atom is 0.387 e. The Morgan fingerprint density at radius 3 is 2.48 bits per heavy atom. The van der Waals surface area contributed by atoms with Crippen molar-refractivity contribution in [3.8, 4) is 5.75 Å². The normalized spacial score (nSPS) is 19.7. The van der Waals surface area contributed by atoms with Gasteiger partial charge in [-0.05, 0) is 56.2 Å². The van der Waals surface area contributed by atoms with Crippen molar-refractivity contribution in [1.29, 1.82) is 0 Å². The monoisotopic (exact) mass is 478 g/mol. The SMILES string of the molecule is CCC1(NC(=O)c2ccc3c(c2)C(C)(C)C(=O)N3c2cccc(OC(F)F)c2)CS(=O)(=O)C1. The van der Waals surface area contributed by atoms with Crippen molar-refractivity contribution >= 4 is 33.0 Å². The second-order valence-electron chi connectivity index (χ2n) is 8.99. The van der Waals surface area contributed by atoms with E-state index >= 15 is 0 Å². The standard InChI is InChI=1S/C23H24F2N2O5S/c1-4-23(12-33(30,31)13-23)26-19(28)14-8-9-18-17(10-14)22(2,3)20(29)27(18)15-6-5-7-16(11-15)32-21(24)25/h5-11,21H,4,12-13H2,1-3H3,(H,26,28). The van der Waals surface area contributed by atoms with Crippen LogP contribution in [0.25, 0.3) is 0 Å². The zero-order valence-electron chi connectivity index (χ0n) is 18.4. The molecule has 0 aliphatic carbocycles. The number of nitrogens with one attached hydrogen (secondary N) is 1. The molecule has 0 aromatic heterocycles. The number of rotatable bonds is 6. The average Bonchev–Trinajstić information content (AvgIpc) is 2.91. The molecule has 2 aromatic rings. The number of benzene rings is 2. The van der Waals surface area contributed by atoms with E-state index in [1.807, 2.05) is 6.92 Å². The first-order chi connectivity index (χ1) is 15.4. The summed E-state index contributed by atoms with van der Waals surface area (Å²) in [5.41, 5.74) is 0.0553. The number of carbonyl (C=O) groups is 2. The Morgan fingerprint density at radius 2 is 1.88 bits per heavy atom. The number of sulfone groups is 1. The molecule has 176 valence electrons. The number of fused-ring (bicyclic) bond motifs is 1. The molecule has 1 N–H and O–H groups in total. The van der Waals surface area contributed by atoms with Gasteiger partial charge in [-0.1, -0.05) is 13.0 Å². The van der Waals surface area contributed by atoms with Crippen LogP contribution < -0.4 is 15.0 Å². The molecule has 4 rings (SSSR count). The number of nitrogens with zero attached hydrogens (tertiary/aromatic N) is 1. The van der Waals surface area contributed by atoms with Crippen molar-refractivity contribution in [2.45, 2.75) is 44.8 Å². The van der Waals surface area contributed by atoms with Crippen LogP contribution in [-0.2, 0) is 20.0 Å². The summed E-state index contributed by atoms with van der Waals surface area (Å²) in [5.74, 6) is -0.954. The van der Waals surface area contributed by atoms with Gasteiger partial charge >= 0.3 is 6.61 Å². The van der Waals surface area contributed by atoms with Crippen LogP contribution in [0.1, 0.15) is 43.1 Å². The first kappa shape index (κ1) is 23.2. The van der Waals surface area contributed by atoms with Crippen LogP contribution in [0.2, 0.25) is 0 Å². The molecule has 7 nitrogen and oxygen atoms in total. The first-order valence-corrected chi connectivity index (χ1v) is 12.3. The lowest BCUT2D eigenvalue weighted by atomic mass is 9.85. The minimum absolute atomic E-state index is 0.0714. The zero-order chi connectivity index (χ0) is 24.2. The summed E-state index contributed by atoms with van der Waals surface area (Å²) < 4.78 is 53.0. The lowest BCUT2D eigenvalue weighted by molar-refractivity contribution is -0.121. The Bertz CT molecular complexity index is 1230. The fraction of sp³-hybridized carbons (Fsp3) is 0.391. The number of ether oxygens (including phenoxy) is 1. The van der Waals surface area contributed by atoms with Crippen LogP contribution in [0, 0.1) is 0 Å². The Morgan fingerprint density at radius 1 is 1.18 bits per heavy atom. The first-order valence-electron chi connectivity index (χ1n) is 10.4. The number of alkyl halides is 2. The van der Waals surface area contributed by atoms with Crippen molar-refractivity contribution in [2.75, 3.05) is 16.4 Å². The van der Waals surface area contributed by atoms with Gasteiger partial charge in [0, 0.05) is 11.6 Å². The largest absolute Gasteiger partial charge is 0.435 e. The van der Waals surface area contributed by atoms with E-state index in [0.29, 0.717) is 28.9 Å². The quantitative estimate of drug-likeness (QED) is 0.686. The van der Waals surface area contributed by atoms with Crippen LogP contribution in [0.4, 0.5) is 20.2 Å². The van der Waals surface area contributed by atoms with Crippen LogP contribution in [-0.4, -0.2) is 43.9 Å². The minimum atomic E-state index is -3.14. The Labute approximate surface area is 190 Å². The molecule has 0 unspecified atom stereocenters. The molecule has 2 heterocycles. The summed E-state index contributed by atoms with van der Waals surface area (Å²) in [6, 6.07) is 10.7. The number of anilines is 2. The van der Waals surface area contributed by atoms with Gasteiger partial charge in [0.1, 0.15) is 5.75 Å². The summed E-state index contributed by atoms with van der Waals surface area (Å²) in [7, 11) is -3.14. The maximum atomic E-state index is 13.3. The minimum Gasteiger partial charge on any atom is -0.435 e. The third kappa shape index (κ3) is 4.07. The van der Waals surface area contributed by atoms with E-state index in [4.69, 9.17) is 0 Å². The van der Waals surface area contributed by atoms with Gasteiger partial charge in [-0.3, -0.25) is 14.5 Å². The van der Waals surface area contributed by atoms with E-state index in [2.05, 4.69) is 10.1 Å². The third-order valence-electron chi connectivity index (χ3n) is 6.26. The lowest BCUT2D eigenvalue weighted by Gasteiger charge is -2.41. The molecule has 2 amide bonds. The number of hydrogen-bond donors (Lipinski definition) is 1. The summed E-state index contributed by atoms with van der Waals surface area (Å²) in [4.78, 5) is 27.6. The van der Waals surface area contributed by atoms with E-state index in [9.17, 15) is 26.8 Å². The Kier molecular flexibility index (Phi) is 5.47. The molecule has 10 heteroatoms. The second kappa shape index (κ2) is 7.79. The van der Waals surface area contributed by atoms with Crippen molar-refractivity contribution in [1.82, 2.24) is 5.32 Å². The summed E-state index contributed by atoms with van der Waals surface area (Å²) in [6.45, 7) is 2.28. The van der Waals surface area contributed by atoms with Gasteiger partial charge in [0.25, 0.3) is 5.91 Å². The van der Waals surface area contributed by atoms with Crippen LogP contribution in [0.3, 0.4) is 0 Å². The molecule has 1 saturated heterocycles. The van der Waals surface area contributed by atoms with Crippen molar-refractivity contribution < 1.29 is 31.5 Å². The third-order valence-corrected chi connectivity index (χ3v) is 8.24. The van der Waals surface area contributed by atoms with Gasteiger partial charge in [0.2, 0.25) is 5.91 Å². The highest BCUT2D eigenvalue weighted by atomic mass is 32.2. The number of amides is 2. The fourth-order valence-electron chi connectivity index (χ4n) is 4.41. The molecule has 0 spiro atoms. The van der Waals surface area contributed by atoms with Gasteiger partial charge in [0.15, 0.2) is 9.84 Å². The number of halogens is 2. The smallest absolute Gasteiger partial charge is 0.387 e. The number of carbonyl (C=O) groups excluding carboxylic acids is 2. The molecule has 0 radical (unpaired) electrons. The van der Waals surface area contributed by atoms with E-state index < -0.39 is 33.3 Å². The van der Waals surface area contributed by atoms with Crippen molar-refractivity contribution in [3.05, 3.63) is 53.6 Å². The summed E-state index contributed by atoms with van der Waals surface area (Å²) >= 11 is 0. The van der Waals surface area contributed by atoms with E-state index in [0.717, 1.165) is 0 Å². The predicted molar refractivity (Wildman–Crippen MR) is 119 cm³/mol. The van der Waals surface area contributed by atoms with Gasteiger partial charge in [-0.15, -0.1) is 0 Å². The molecular formula is C23H24F2N2O5S. The average molecular weight is 479 g/mol. The summed E-state index contributed by atoms with van der Waals surface area (Å²) in [6.07, 6.45) is 0.484. The fourth-order valence-corrected chi connectivity index (χ4v) is 6.56. The highest BCUT2D eigenvalue weighted by molar-refractivity contribution is 7.93. The second-order valence-corrected chi connectivity index (χ2v) is 11.1. The highest BCUT2D eigenvalue weighted by Gasteiger charge is 2.49. The predicted octanol–water partition coefficient (Wildman–Crippen LogP) is 3.55. The molecule has 0 bridgehead atoms.